The Morgan fingerprint density at radius 2 is 2.08 bits per heavy atom. The molecular formula is C19H22N2O5. The zero-order valence-electron chi connectivity index (χ0n) is 14.9. The highest BCUT2D eigenvalue weighted by Crippen LogP contribution is 2.23. The molecule has 1 N–H and O–H groups in total. The highest BCUT2D eigenvalue weighted by atomic mass is 16.5. The number of aromatic carboxylic acids is 1. The van der Waals surface area contributed by atoms with Crippen molar-refractivity contribution in [3.05, 3.63) is 47.0 Å². The molecule has 7 nitrogen and oxygen atoms in total. The Morgan fingerprint density at radius 1 is 1.35 bits per heavy atom. The number of ether oxygens (including phenoxy) is 1. The molecule has 1 fully saturated rings. The molecule has 0 bridgehead atoms. The molecule has 1 aliphatic carbocycles. The van der Waals surface area contributed by atoms with Gasteiger partial charge in [-0.1, -0.05) is 0 Å². The van der Waals surface area contributed by atoms with Crippen molar-refractivity contribution in [2.45, 2.75) is 45.3 Å². The van der Waals surface area contributed by atoms with Crippen molar-refractivity contribution in [1.82, 2.24) is 9.88 Å². The van der Waals surface area contributed by atoms with Gasteiger partial charge < -0.3 is 19.2 Å². The molecule has 0 unspecified atom stereocenters. The number of hydrogen-bond acceptors (Lipinski definition) is 5. The monoisotopic (exact) mass is 358 g/mol. The maximum Gasteiger partial charge on any atom is 0.339 e. The number of rotatable bonds is 6. The van der Waals surface area contributed by atoms with Gasteiger partial charge in [0.25, 0.3) is 5.91 Å². The molecule has 0 saturated heterocycles. The van der Waals surface area contributed by atoms with Crippen LogP contribution >= 0.6 is 0 Å². The van der Waals surface area contributed by atoms with Crippen LogP contribution in [0.4, 0.5) is 0 Å². The minimum absolute atomic E-state index is 0.107. The number of carbonyl (C=O) groups is 2. The van der Waals surface area contributed by atoms with Crippen molar-refractivity contribution in [3.8, 4) is 5.88 Å². The number of pyridine rings is 1. The zero-order chi connectivity index (χ0) is 18.7. The van der Waals surface area contributed by atoms with Crippen LogP contribution in [-0.4, -0.2) is 40.0 Å². The van der Waals surface area contributed by atoms with Gasteiger partial charge in [0.05, 0.1) is 12.1 Å². The van der Waals surface area contributed by atoms with Gasteiger partial charge in [0.1, 0.15) is 23.2 Å². The fraction of sp³-hybridized carbons (Fsp3) is 0.421. The van der Waals surface area contributed by atoms with E-state index in [0.717, 1.165) is 12.8 Å². The molecule has 2 aromatic rings. The van der Waals surface area contributed by atoms with E-state index in [2.05, 4.69) is 4.98 Å². The van der Waals surface area contributed by atoms with Crippen LogP contribution in [-0.2, 0) is 6.54 Å². The summed E-state index contributed by atoms with van der Waals surface area (Å²) in [6, 6.07) is 4.84. The fourth-order valence-electron chi connectivity index (χ4n) is 3.11. The standard InChI is InChI=1S/C19H22N2O5/c1-12-16(19(23)24)9-15(25-12)11-21(2)18(22)13-7-8-17(20-10-13)26-14-5-3-4-6-14/h7-10,14H,3-6,11H2,1-2H3,(H,23,24). The summed E-state index contributed by atoms with van der Waals surface area (Å²) in [5.41, 5.74) is 0.545. The third-order valence-corrected chi connectivity index (χ3v) is 4.51. The lowest BCUT2D eigenvalue weighted by Crippen LogP contribution is -2.26. The van der Waals surface area contributed by atoms with E-state index in [1.807, 2.05) is 0 Å². The number of furan rings is 1. The molecule has 1 aliphatic rings. The van der Waals surface area contributed by atoms with Crippen molar-refractivity contribution < 1.29 is 23.8 Å². The molecule has 138 valence electrons. The Bertz CT molecular complexity index is 791. The summed E-state index contributed by atoms with van der Waals surface area (Å²) in [5.74, 6) is 0.00145. The Hall–Kier alpha value is -2.83. The van der Waals surface area contributed by atoms with E-state index < -0.39 is 5.97 Å². The van der Waals surface area contributed by atoms with E-state index in [1.165, 1.54) is 30.0 Å². The van der Waals surface area contributed by atoms with Crippen molar-refractivity contribution in [2.75, 3.05) is 7.05 Å². The minimum atomic E-state index is -1.05. The summed E-state index contributed by atoms with van der Waals surface area (Å²) < 4.78 is 11.2. The molecule has 0 aliphatic heterocycles. The lowest BCUT2D eigenvalue weighted by Gasteiger charge is -2.16. The van der Waals surface area contributed by atoms with Crippen LogP contribution in [0.2, 0.25) is 0 Å². The molecule has 2 heterocycles. The van der Waals surface area contributed by atoms with Crippen LogP contribution in [0.5, 0.6) is 5.88 Å². The van der Waals surface area contributed by atoms with Crippen molar-refractivity contribution in [3.63, 3.8) is 0 Å². The van der Waals surface area contributed by atoms with Crippen molar-refractivity contribution in [2.24, 2.45) is 0 Å². The lowest BCUT2D eigenvalue weighted by atomic mass is 10.2. The number of aryl methyl sites for hydroxylation is 1. The van der Waals surface area contributed by atoms with Gasteiger partial charge in [-0.15, -0.1) is 0 Å². The largest absolute Gasteiger partial charge is 0.478 e. The zero-order valence-corrected chi connectivity index (χ0v) is 14.9. The predicted octanol–water partition coefficient (Wildman–Crippen LogP) is 3.27. The number of hydrogen-bond donors (Lipinski definition) is 1. The molecule has 1 amide bonds. The molecule has 2 aromatic heterocycles. The summed E-state index contributed by atoms with van der Waals surface area (Å²) in [7, 11) is 1.63. The number of aromatic nitrogens is 1. The first kappa shape index (κ1) is 18.0. The Balaban J connectivity index is 1.62. The second-order valence-corrected chi connectivity index (χ2v) is 6.56. The van der Waals surface area contributed by atoms with Crippen molar-refractivity contribution in [1.29, 1.82) is 0 Å². The molecule has 0 spiro atoms. The van der Waals surface area contributed by atoms with Gasteiger partial charge in [-0.2, -0.15) is 0 Å². The summed E-state index contributed by atoms with van der Waals surface area (Å²) in [4.78, 5) is 29.3. The average Bonchev–Trinajstić information content (AvgIpc) is 3.24. The Morgan fingerprint density at radius 3 is 2.65 bits per heavy atom. The van der Waals surface area contributed by atoms with E-state index in [4.69, 9.17) is 14.3 Å². The average molecular weight is 358 g/mol. The van der Waals surface area contributed by atoms with Gasteiger partial charge in [-0.3, -0.25) is 4.79 Å². The molecule has 0 radical (unpaired) electrons. The summed E-state index contributed by atoms with van der Waals surface area (Å²) >= 11 is 0. The Kier molecular flexibility index (Phi) is 5.25. The van der Waals surface area contributed by atoms with Gasteiger partial charge in [-0.05, 0) is 44.7 Å². The number of carboxylic acids is 1. The second-order valence-electron chi connectivity index (χ2n) is 6.56. The fourth-order valence-corrected chi connectivity index (χ4v) is 3.11. The number of nitrogens with zero attached hydrogens (tertiary/aromatic N) is 2. The van der Waals surface area contributed by atoms with E-state index in [-0.39, 0.29) is 24.1 Å². The van der Waals surface area contributed by atoms with Crippen molar-refractivity contribution >= 4 is 11.9 Å². The summed E-state index contributed by atoms with van der Waals surface area (Å²) in [5, 5.41) is 9.07. The first-order valence-corrected chi connectivity index (χ1v) is 8.65. The predicted molar refractivity (Wildman–Crippen MR) is 93.3 cm³/mol. The normalized spacial score (nSPS) is 14.4. The molecule has 3 rings (SSSR count). The number of carboxylic acid groups (broad SMARTS) is 1. The number of carbonyl (C=O) groups excluding carboxylic acids is 1. The van der Waals surface area contributed by atoms with Crippen LogP contribution in [0.1, 0.15) is 57.9 Å². The molecular weight excluding hydrogens is 336 g/mol. The van der Waals surface area contributed by atoms with E-state index in [1.54, 1.807) is 26.1 Å². The van der Waals surface area contributed by atoms with Gasteiger partial charge in [0.2, 0.25) is 5.88 Å². The van der Waals surface area contributed by atoms with E-state index >= 15 is 0 Å². The Labute approximate surface area is 151 Å². The van der Waals surface area contributed by atoms with Crippen LogP contribution in [0, 0.1) is 6.92 Å². The van der Waals surface area contributed by atoms with E-state index in [9.17, 15) is 9.59 Å². The lowest BCUT2D eigenvalue weighted by molar-refractivity contribution is 0.0694. The smallest absolute Gasteiger partial charge is 0.339 e. The maximum absolute atomic E-state index is 12.5. The quantitative estimate of drug-likeness (QED) is 0.852. The minimum Gasteiger partial charge on any atom is -0.478 e. The van der Waals surface area contributed by atoms with E-state index in [0.29, 0.717) is 23.0 Å². The van der Waals surface area contributed by atoms with Crippen LogP contribution < -0.4 is 4.74 Å². The third-order valence-electron chi connectivity index (χ3n) is 4.51. The SMILES string of the molecule is Cc1oc(CN(C)C(=O)c2ccc(OC3CCCC3)nc2)cc1C(=O)O. The van der Waals surface area contributed by atoms with Crippen LogP contribution in [0.15, 0.2) is 28.8 Å². The molecule has 7 heteroatoms. The maximum atomic E-state index is 12.5. The summed E-state index contributed by atoms with van der Waals surface area (Å²) in [6.45, 7) is 1.76. The van der Waals surface area contributed by atoms with Gasteiger partial charge in [-0.25, -0.2) is 9.78 Å². The highest BCUT2D eigenvalue weighted by Gasteiger charge is 2.19. The topological polar surface area (TPSA) is 92.9 Å². The number of amides is 1. The first-order chi connectivity index (χ1) is 12.4. The first-order valence-electron chi connectivity index (χ1n) is 8.65. The molecule has 1 saturated carbocycles. The van der Waals surface area contributed by atoms with Crippen LogP contribution in [0.3, 0.4) is 0 Å². The highest BCUT2D eigenvalue weighted by molar-refractivity contribution is 5.93. The van der Waals surface area contributed by atoms with Gasteiger partial charge >= 0.3 is 5.97 Å². The molecule has 0 atom stereocenters. The van der Waals surface area contributed by atoms with Gasteiger partial charge in [0, 0.05) is 19.3 Å². The summed E-state index contributed by atoms with van der Waals surface area (Å²) in [6.07, 6.45) is 6.18. The molecule has 0 aromatic carbocycles. The third kappa shape index (κ3) is 4.04. The molecule has 26 heavy (non-hydrogen) atoms. The van der Waals surface area contributed by atoms with Gasteiger partial charge in [0.15, 0.2) is 0 Å². The second kappa shape index (κ2) is 7.59. The van der Waals surface area contributed by atoms with Crippen LogP contribution in [0.25, 0.3) is 0 Å².